The third-order valence-electron chi connectivity index (χ3n) is 3.76. The van der Waals surface area contributed by atoms with Gasteiger partial charge in [0.25, 0.3) is 5.91 Å². The Bertz CT molecular complexity index is 755. The number of nitrogens with one attached hydrogen (secondary N) is 1. The molecule has 0 aliphatic carbocycles. The summed E-state index contributed by atoms with van der Waals surface area (Å²) in [5, 5.41) is 3.78. The van der Waals surface area contributed by atoms with Crippen molar-refractivity contribution in [2.75, 3.05) is 26.7 Å². The molecule has 1 aromatic carbocycles. The molecule has 24 heavy (non-hydrogen) atoms. The van der Waals surface area contributed by atoms with E-state index in [-0.39, 0.29) is 24.9 Å². The summed E-state index contributed by atoms with van der Waals surface area (Å²) in [4.78, 5) is 42.0. The maximum Gasteiger partial charge on any atom is 0.327 e. The first kappa shape index (κ1) is 16.4. The number of aromatic nitrogens is 1. The summed E-state index contributed by atoms with van der Waals surface area (Å²) < 4.78 is 1.16. The van der Waals surface area contributed by atoms with Crippen LogP contribution in [0.15, 0.2) is 24.3 Å². The average molecular weight is 346 g/mol. The molecule has 0 saturated carbocycles. The van der Waals surface area contributed by atoms with Crippen LogP contribution in [0.25, 0.3) is 10.2 Å². The molecule has 0 spiro atoms. The van der Waals surface area contributed by atoms with Crippen LogP contribution in [0.3, 0.4) is 0 Å². The molecule has 7 nitrogen and oxygen atoms in total. The molecule has 1 aliphatic heterocycles. The Balaban J connectivity index is 1.42. The molecule has 3 rings (SSSR count). The molecule has 8 heteroatoms. The van der Waals surface area contributed by atoms with Crippen molar-refractivity contribution in [3.05, 3.63) is 29.3 Å². The van der Waals surface area contributed by atoms with Gasteiger partial charge in [0, 0.05) is 20.0 Å². The van der Waals surface area contributed by atoms with E-state index in [0.29, 0.717) is 6.54 Å². The summed E-state index contributed by atoms with van der Waals surface area (Å²) in [6.45, 7) is 0.299. The van der Waals surface area contributed by atoms with E-state index < -0.39 is 6.03 Å². The molecule has 1 saturated heterocycles. The van der Waals surface area contributed by atoms with Crippen LogP contribution in [0.5, 0.6) is 0 Å². The van der Waals surface area contributed by atoms with Crippen molar-refractivity contribution in [1.82, 2.24) is 20.1 Å². The number of likely N-dealkylation sites (N-methyl/N-ethyl adjacent to an activating group) is 1. The van der Waals surface area contributed by atoms with Gasteiger partial charge in [-0.1, -0.05) is 12.1 Å². The highest BCUT2D eigenvalue weighted by atomic mass is 32.1. The maximum atomic E-state index is 11.9. The molecule has 0 atom stereocenters. The van der Waals surface area contributed by atoms with Gasteiger partial charge in [-0.15, -0.1) is 11.3 Å². The van der Waals surface area contributed by atoms with Gasteiger partial charge in [-0.25, -0.2) is 9.78 Å². The maximum absolute atomic E-state index is 11.9. The van der Waals surface area contributed by atoms with Crippen molar-refractivity contribution in [3.63, 3.8) is 0 Å². The van der Waals surface area contributed by atoms with Crippen LogP contribution < -0.4 is 5.32 Å². The molecule has 1 aromatic heterocycles. The Kier molecular flexibility index (Phi) is 4.75. The Morgan fingerprint density at radius 1 is 1.33 bits per heavy atom. The predicted molar refractivity (Wildman–Crippen MR) is 90.7 cm³/mol. The smallest absolute Gasteiger partial charge is 0.327 e. The minimum atomic E-state index is -0.426. The van der Waals surface area contributed by atoms with Crippen LogP contribution in [0.2, 0.25) is 0 Å². The normalized spacial score (nSPS) is 14.7. The Morgan fingerprint density at radius 2 is 2.12 bits per heavy atom. The summed E-state index contributed by atoms with van der Waals surface area (Å²) in [5.41, 5.74) is 0.997. The first-order valence-electron chi connectivity index (χ1n) is 7.71. The molecule has 1 aliphatic rings. The molecule has 126 valence electrons. The number of amides is 4. The summed E-state index contributed by atoms with van der Waals surface area (Å²) in [7, 11) is 1.54. The number of hydrogen-bond acceptors (Lipinski definition) is 5. The van der Waals surface area contributed by atoms with Crippen LogP contribution in [-0.4, -0.2) is 59.3 Å². The van der Waals surface area contributed by atoms with E-state index in [2.05, 4.69) is 10.3 Å². The number of rotatable bonds is 6. The highest BCUT2D eigenvalue weighted by Crippen LogP contribution is 2.22. The lowest BCUT2D eigenvalue weighted by Crippen LogP contribution is -2.41. The van der Waals surface area contributed by atoms with E-state index in [0.717, 1.165) is 33.0 Å². The SMILES string of the molecule is CN1CC(=O)N(CC(=O)NCCCc2nc3ccccc3s2)C1=O. The van der Waals surface area contributed by atoms with Gasteiger partial charge in [0.1, 0.15) is 13.1 Å². The number of para-hydroxylation sites is 1. The van der Waals surface area contributed by atoms with Gasteiger partial charge in [-0.3, -0.25) is 14.5 Å². The molecular weight excluding hydrogens is 328 g/mol. The molecule has 1 N–H and O–H groups in total. The monoisotopic (exact) mass is 346 g/mol. The third kappa shape index (κ3) is 3.53. The van der Waals surface area contributed by atoms with Crippen molar-refractivity contribution in [2.45, 2.75) is 12.8 Å². The fourth-order valence-electron chi connectivity index (χ4n) is 2.52. The van der Waals surface area contributed by atoms with Crippen molar-refractivity contribution >= 4 is 39.4 Å². The number of carbonyl (C=O) groups is 3. The molecule has 1 fully saturated rings. The van der Waals surface area contributed by atoms with Gasteiger partial charge >= 0.3 is 6.03 Å². The van der Waals surface area contributed by atoms with Gasteiger partial charge < -0.3 is 10.2 Å². The van der Waals surface area contributed by atoms with Crippen molar-refractivity contribution in [3.8, 4) is 0 Å². The second-order valence-electron chi connectivity index (χ2n) is 5.65. The minimum absolute atomic E-state index is 0.0315. The summed E-state index contributed by atoms with van der Waals surface area (Å²) in [6.07, 6.45) is 1.54. The lowest BCUT2D eigenvalue weighted by atomic mass is 10.3. The lowest BCUT2D eigenvalue weighted by Gasteiger charge is -2.13. The predicted octanol–water partition coefficient (Wildman–Crippen LogP) is 1.24. The number of imide groups is 1. The van der Waals surface area contributed by atoms with E-state index >= 15 is 0 Å². The third-order valence-corrected chi connectivity index (χ3v) is 4.86. The van der Waals surface area contributed by atoms with Crippen LogP contribution in [0.4, 0.5) is 4.79 Å². The molecule has 0 unspecified atom stereocenters. The second kappa shape index (κ2) is 6.96. The van der Waals surface area contributed by atoms with Crippen LogP contribution in [-0.2, 0) is 16.0 Å². The standard InChI is InChI=1S/C16H18N4O3S/c1-19-10-15(22)20(16(19)23)9-13(21)17-8-4-7-14-18-11-5-2-3-6-12(11)24-14/h2-3,5-6H,4,7-10H2,1H3,(H,17,21). The van der Waals surface area contributed by atoms with E-state index in [1.165, 1.54) is 11.9 Å². The number of benzene rings is 1. The van der Waals surface area contributed by atoms with Gasteiger partial charge in [0.05, 0.1) is 15.2 Å². The van der Waals surface area contributed by atoms with Gasteiger partial charge in [0.15, 0.2) is 0 Å². The molecule has 0 radical (unpaired) electrons. The Labute approximate surface area is 143 Å². The highest BCUT2D eigenvalue weighted by Gasteiger charge is 2.34. The number of carbonyl (C=O) groups excluding carboxylic acids is 3. The zero-order chi connectivity index (χ0) is 17.1. The van der Waals surface area contributed by atoms with Gasteiger partial charge in [-0.05, 0) is 18.6 Å². The number of hydrogen-bond donors (Lipinski definition) is 1. The highest BCUT2D eigenvalue weighted by molar-refractivity contribution is 7.18. The van der Waals surface area contributed by atoms with Crippen molar-refractivity contribution in [1.29, 1.82) is 0 Å². The second-order valence-corrected chi connectivity index (χ2v) is 6.76. The minimum Gasteiger partial charge on any atom is -0.355 e. The number of fused-ring (bicyclic) bond motifs is 1. The van der Waals surface area contributed by atoms with E-state index in [4.69, 9.17) is 0 Å². The first-order chi connectivity index (χ1) is 11.5. The molecular formula is C16H18N4O3S. The Hall–Kier alpha value is -2.48. The number of urea groups is 1. The molecule has 4 amide bonds. The van der Waals surface area contributed by atoms with E-state index in [9.17, 15) is 14.4 Å². The average Bonchev–Trinajstić information content (AvgIpc) is 3.07. The fourth-order valence-corrected chi connectivity index (χ4v) is 3.53. The van der Waals surface area contributed by atoms with E-state index in [1.54, 1.807) is 11.3 Å². The van der Waals surface area contributed by atoms with Crippen LogP contribution >= 0.6 is 11.3 Å². The van der Waals surface area contributed by atoms with Crippen molar-refractivity contribution < 1.29 is 14.4 Å². The number of thiazole rings is 1. The summed E-state index contributed by atoms with van der Waals surface area (Å²) in [6, 6.07) is 7.55. The summed E-state index contributed by atoms with van der Waals surface area (Å²) >= 11 is 1.66. The quantitative estimate of drug-likeness (QED) is 0.630. The molecule has 0 bridgehead atoms. The van der Waals surface area contributed by atoms with Crippen LogP contribution in [0, 0.1) is 0 Å². The zero-order valence-electron chi connectivity index (χ0n) is 13.3. The van der Waals surface area contributed by atoms with Crippen LogP contribution in [0.1, 0.15) is 11.4 Å². The number of nitrogens with zero attached hydrogens (tertiary/aromatic N) is 3. The molecule has 2 heterocycles. The van der Waals surface area contributed by atoms with Crippen molar-refractivity contribution in [2.24, 2.45) is 0 Å². The topological polar surface area (TPSA) is 82.6 Å². The van der Waals surface area contributed by atoms with Gasteiger partial charge in [0.2, 0.25) is 5.91 Å². The lowest BCUT2D eigenvalue weighted by molar-refractivity contribution is -0.130. The fraction of sp³-hybridized carbons (Fsp3) is 0.375. The largest absolute Gasteiger partial charge is 0.355 e. The Morgan fingerprint density at radius 3 is 2.83 bits per heavy atom. The van der Waals surface area contributed by atoms with E-state index in [1.807, 2.05) is 24.3 Å². The summed E-state index contributed by atoms with van der Waals surface area (Å²) in [5.74, 6) is -0.663. The molecule has 2 aromatic rings. The zero-order valence-corrected chi connectivity index (χ0v) is 14.1. The van der Waals surface area contributed by atoms with Gasteiger partial charge in [-0.2, -0.15) is 0 Å². The first-order valence-corrected chi connectivity index (χ1v) is 8.53. The number of aryl methyl sites for hydroxylation is 1.